The maximum atomic E-state index is 11.7. The number of carbonyl (C=O) groups is 1. The number of nitrogens with zero attached hydrogens (tertiary/aromatic N) is 2. The molecule has 6 heteroatoms. The van der Waals surface area contributed by atoms with E-state index in [9.17, 15) is 4.79 Å². The molecule has 0 aliphatic carbocycles. The van der Waals surface area contributed by atoms with Crippen LogP contribution in [-0.4, -0.2) is 54.5 Å². The molecule has 2 saturated heterocycles. The molecule has 0 radical (unpaired) electrons. The molecule has 17 heavy (non-hydrogen) atoms. The maximum absolute atomic E-state index is 11.7. The molecular weight excluding hydrogens is 261 g/mol. The fourth-order valence-corrected chi connectivity index (χ4v) is 2.66. The average Bonchev–Trinajstić information content (AvgIpc) is 2.29. The minimum Gasteiger partial charge on any atom is -0.340 e. The van der Waals surface area contributed by atoms with Crippen molar-refractivity contribution in [3.63, 3.8) is 0 Å². The van der Waals surface area contributed by atoms with Crippen LogP contribution in [0.5, 0.6) is 0 Å². The molecule has 0 saturated carbocycles. The summed E-state index contributed by atoms with van der Waals surface area (Å²) in [5, 5.41) is 0. The van der Waals surface area contributed by atoms with Crippen molar-refractivity contribution in [2.45, 2.75) is 31.7 Å². The van der Waals surface area contributed by atoms with Crippen LogP contribution in [0.3, 0.4) is 0 Å². The highest BCUT2D eigenvalue weighted by Crippen LogP contribution is 2.21. The normalized spacial score (nSPS) is 24.3. The third-order valence-corrected chi connectivity index (χ3v) is 3.55. The molecule has 2 aliphatic rings. The predicted octanol–water partition coefficient (Wildman–Crippen LogP) is 0.875. The molecule has 2 aliphatic heterocycles. The van der Waals surface area contributed by atoms with E-state index in [2.05, 4.69) is 4.90 Å². The zero-order valence-electron chi connectivity index (χ0n) is 10.1. The first-order valence-corrected chi connectivity index (χ1v) is 6.03. The van der Waals surface area contributed by atoms with Gasteiger partial charge in [-0.1, -0.05) is 6.42 Å². The summed E-state index contributed by atoms with van der Waals surface area (Å²) in [5.74, 6) is 0.239. The van der Waals surface area contributed by atoms with Gasteiger partial charge in [0.05, 0.1) is 0 Å². The van der Waals surface area contributed by atoms with Crippen LogP contribution in [0.2, 0.25) is 0 Å². The summed E-state index contributed by atoms with van der Waals surface area (Å²) >= 11 is 0. The Bertz CT molecular complexity index is 241. The third-order valence-electron chi connectivity index (χ3n) is 3.55. The first-order chi connectivity index (χ1) is 7.31. The number of nitrogens with two attached hydrogens (primary N) is 1. The van der Waals surface area contributed by atoms with E-state index in [0.717, 1.165) is 19.6 Å². The Labute approximate surface area is 116 Å². The Hall–Kier alpha value is -0.0300. The van der Waals surface area contributed by atoms with Gasteiger partial charge in [0.15, 0.2) is 0 Å². The molecule has 2 rings (SSSR count). The van der Waals surface area contributed by atoms with Gasteiger partial charge in [-0.3, -0.25) is 9.69 Å². The monoisotopic (exact) mass is 283 g/mol. The van der Waals surface area contributed by atoms with Crippen LogP contribution in [0, 0.1) is 0 Å². The number of fused-ring (bicyclic) bond motifs is 1. The van der Waals surface area contributed by atoms with Gasteiger partial charge >= 0.3 is 0 Å². The summed E-state index contributed by atoms with van der Waals surface area (Å²) in [6.07, 6.45) is 4.41. The molecular formula is C11H23Cl2N3O. The summed E-state index contributed by atoms with van der Waals surface area (Å²) in [7, 11) is 0. The van der Waals surface area contributed by atoms with E-state index in [1.54, 1.807) is 0 Å². The van der Waals surface area contributed by atoms with Crippen molar-refractivity contribution in [1.29, 1.82) is 0 Å². The predicted molar refractivity (Wildman–Crippen MR) is 74.0 cm³/mol. The third kappa shape index (κ3) is 4.28. The van der Waals surface area contributed by atoms with Gasteiger partial charge < -0.3 is 10.6 Å². The lowest BCUT2D eigenvalue weighted by molar-refractivity contribution is -0.134. The molecule has 0 aromatic heterocycles. The van der Waals surface area contributed by atoms with Crippen molar-refractivity contribution in [3.8, 4) is 0 Å². The molecule has 0 spiro atoms. The molecule has 102 valence electrons. The zero-order valence-corrected chi connectivity index (χ0v) is 11.8. The summed E-state index contributed by atoms with van der Waals surface area (Å²) < 4.78 is 0. The van der Waals surface area contributed by atoms with Crippen molar-refractivity contribution in [3.05, 3.63) is 0 Å². The van der Waals surface area contributed by atoms with E-state index in [4.69, 9.17) is 5.73 Å². The Morgan fingerprint density at radius 3 is 2.65 bits per heavy atom. The van der Waals surface area contributed by atoms with Gasteiger partial charge in [-0.15, -0.1) is 24.8 Å². The van der Waals surface area contributed by atoms with E-state index < -0.39 is 0 Å². The van der Waals surface area contributed by atoms with Crippen LogP contribution in [0.1, 0.15) is 25.7 Å². The van der Waals surface area contributed by atoms with Crippen molar-refractivity contribution >= 4 is 30.7 Å². The number of piperazine rings is 1. The molecule has 2 N–H and O–H groups in total. The highest BCUT2D eigenvalue weighted by atomic mass is 35.5. The summed E-state index contributed by atoms with van der Waals surface area (Å²) in [4.78, 5) is 16.2. The van der Waals surface area contributed by atoms with Crippen LogP contribution in [0.25, 0.3) is 0 Å². The van der Waals surface area contributed by atoms with Crippen LogP contribution < -0.4 is 5.73 Å². The lowest BCUT2D eigenvalue weighted by Gasteiger charge is -2.44. The number of piperidine rings is 1. The number of hydrogen-bond donors (Lipinski definition) is 1. The van der Waals surface area contributed by atoms with Crippen LogP contribution in [0.15, 0.2) is 0 Å². The smallest absolute Gasteiger partial charge is 0.223 e. The van der Waals surface area contributed by atoms with Gasteiger partial charge in [0, 0.05) is 38.6 Å². The lowest BCUT2D eigenvalue weighted by Crippen LogP contribution is -2.56. The number of amides is 1. The summed E-state index contributed by atoms with van der Waals surface area (Å²) in [6.45, 7) is 4.59. The molecule has 1 amide bonds. The number of rotatable bonds is 2. The highest BCUT2D eigenvalue weighted by Gasteiger charge is 2.30. The zero-order chi connectivity index (χ0) is 10.7. The van der Waals surface area contributed by atoms with E-state index in [1.807, 2.05) is 4.90 Å². The van der Waals surface area contributed by atoms with Gasteiger partial charge in [0.1, 0.15) is 0 Å². The van der Waals surface area contributed by atoms with Crippen molar-refractivity contribution in [2.75, 3.05) is 32.7 Å². The SMILES string of the molecule is Cl.Cl.NCCC(=O)N1CCN2CCCCC2C1. The molecule has 1 unspecified atom stereocenters. The van der Waals surface area contributed by atoms with E-state index >= 15 is 0 Å². The highest BCUT2D eigenvalue weighted by molar-refractivity contribution is 5.85. The van der Waals surface area contributed by atoms with Crippen molar-refractivity contribution in [1.82, 2.24) is 9.80 Å². The molecule has 1 atom stereocenters. The Balaban J connectivity index is 0.00000128. The fourth-order valence-electron chi connectivity index (χ4n) is 2.66. The topological polar surface area (TPSA) is 49.6 Å². The quantitative estimate of drug-likeness (QED) is 0.819. The molecule has 0 aromatic rings. The maximum Gasteiger partial charge on any atom is 0.223 e. The largest absolute Gasteiger partial charge is 0.340 e. The fraction of sp³-hybridized carbons (Fsp3) is 0.909. The number of halogens is 2. The number of hydrogen-bond acceptors (Lipinski definition) is 3. The molecule has 4 nitrogen and oxygen atoms in total. The average molecular weight is 284 g/mol. The molecule has 2 fully saturated rings. The second-order valence-corrected chi connectivity index (χ2v) is 4.56. The standard InChI is InChI=1S/C11H21N3O.2ClH/c12-5-4-11(15)14-8-7-13-6-2-1-3-10(13)9-14;;/h10H,1-9,12H2;2*1H. The second kappa shape index (κ2) is 8.14. The molecule has 0 aromatic carbocycles. The van der Waals surface area contributed by atoms with Crippen LogP contribution in [0.4, 0.5) is 0 Å². The van der Waals surface area contributed by atoms with E-state index in [1.165, 1.54) is 25.8 Å². The van der Waals surface area contributed by atoms with Gasteiger partial charge in [-0.2, -0.15) is 0 Å². The van der Waals surface area contributed by atoms with Crippen molar-refractivity contribution in [2.24, 2.45) is 5.73 Å². The first-order valence-electron chi connectivity index (χ1n) is 6.03. The first kappa shape index (κ1) is 17.0. The Morgan fingerprint density at radius 1 is 1.18 bits per heavy atom. The van der Waals surface area contributed by atoms with Gasteiger partial charge in [-0.05, 0) is 19.4 Å². The van der Waals surface area contributed by atoms with Gasteiger partial charge in [0.2, 0.25) is 5.91 Å². The van der Waals surface area contributed by atoms with E-state index in [0.29, 0.717) is 19.0 Å². The van der Waals surface area contributed by atoms with Crippen LogP contribution in [-0.2, 0) is 4.79 Å². The second-order valence-electron chi connectivity index (χ2n) is 4.56. The Kier molecular flexibility index (Phi) is 8.12. The molecule has 2 heterocycles. The van der Waals surface area contributed by atoms with Crippen LogP contribution >= 0.6 is 24.8 Å². The van der Waals surface area contributed by atoms with Crippen molar-refractivity contribution < 1.29 is 4.79 Å². The summed E-state index contributed by atoms with van der Waals surface area (Å²) in [5.41, 5.74) is 5.41. The minimum atomic E-state index is 0. The molecule has 0 bridgehead atoms. The van der Waals surface area contributed by atoms with Gasteiger partial charge in [0.25, 0.3) is 0 Å². The number of carbonyl (C=O) groups excluding carboxylic acids is 1. The van der Waals surface area contributed by atoms with E-state index in [-0.39, 0.29) is 30.7 Å². The Morgan fingerprint density at radius 2 is 1.94 bits per heavy atom. The minimum absolute atomic E-state index is 0. The van der Waals surface area contributed by atoms with Gasteiger partial charge in [-0.25, -0.2) is 0 Å². The lowest BCUT2D eigenvalue weighted by atomic mass is 9.99. The summed E-state index contributed by atoms with van der Waals surface area (Å²) in [6, 6.07) is 0.620.